The van der Waals surface area contributed by atoms with Crippen molar-refractivity contribution in [3.05, 3.63) is 47.0 Å². The van der Waals surface area contributed by atoms with Gasteiger partial charge in [-0.15, -0.1) is 0 Å². The fraction of sp³-hybridized carbons (Fsp3) is 0.231. The molecule has 0 aliphatic carbocycles. The number of nitrogen functional groups attached to an aromatic ring is 1. The Morgan fingerprint density at radius 2 is 2.37 bits per heavy atom. The normalized spacial score (nSPS) is 12.1. The third-order valence-electron chi connectivity index (χ3n) is 2.84. The minimum Gasteiger partial charge on any atom is -0.398 e. The molecule has 100 valence electrons. The summed E-state index contributed by atoms with van der Waals surface area (Å²) in [5, 5.41) is 3.21. The Morgan fingerprint density at radius 1 is 1.58 bits per heavy atom. The topological polar surface area (TPSA) is 83.8 Å². The number of carbonyl (C=O) groups is 1. The third-order valence-corrected chi connectivity index (χ3v) is 3.15. The molecule has 0 saturated carbocycles. The zero-order chi connectivity index (χ0) is 13.8. The van der Waals surface area contributed by atoms with Crippen molar-refractivity contribution >= 4 is 23.2 Å². The van der Waals surface area contributed by atoms with Gasteiger partial charge in [0.2, 0.25) is 0 Å². The average molecular weight is 279 g/mol. The smallest absolute Gasteiger partial charge is 0.255 e. The maximum Gasteiger partial charge on any atom is 0.255 e. The second-order valence-electron chi connectivity index (χ2n) is 4.11. The number of aromatic amines is 1. The van der Waals surface area contributed by atoms with Gasteiger partial charge in [0.1, 0.15) is 5.82 Å². The predicted octanol–water partition coefficient (Wildman–Crippen LogP) is 2.53. The average Bonchev–Trinajstić information content (AvgIpc) is 2.89. The fourth-order valence-electron chi connectivity index (χ4n) is 1.84. The summed E-state index contributed by atoms with van der Waals surface area (Å²) < 4.78 is 0. The first-order valence-corrected chi connectivity index (χ1v) is 6.35. The van der Waals surface area contributed by atoms with E-state index in [0.717, 1.165) is 0 Å². The summed E-state index contributed by atoms with van der Waals surface area (Å²) in [4.78, 5) is 19.4. The van der Waals surface area contributed by atoms with Crippen LogP contribution >= 0.6 is 11.6 Å². The molecule has 2 aromatic rings. The molecule has 0 aliphatic heterocycles. The van der Waals surface area contributed by atoms with E-state index in [1.54, 1.807) is 30.6 Å². The van der Waals surface area contributed by atoms with E-state index >= 15 is 0 Å². The van der Waals surface area contributed by atoms with Crippen LogP contribution in [0.1, 0.15) is 35.6 Å². The number of nitrogens with zero attached hydrogens (tertiary/aromatic N) is 1. The fourth-order valence-corrected chi connectivity index (χ4v) is 2.11. The number of hydrogen-bond donors (Lipinski definition) is 3. The molecule has 0 bridgehead atoms. The largest absolute Gasteiger partial charge is 0.398 e. The minimum absolute atomic E-state index is 0.196. The van der Waals surface area contributed by atoms with E-state index in [1.165, 1.54) is 0 Å². The number of H-pyrrole nitrogens is 1. The van der Waals surface area contributed by atoms with E-state index in [4.69, 9.17) is 17.3 Å². The summed E-state index contributed by atoms with van der Waals surface area (Å²) in [6, 6.07) is 4.80. The van der Waals surface area contributed by atoms with Crippen LogP contribution in [0.5, 0.6) is 0 Å². The zero-order valence-electron chi connectivity index (χ0n) is 10.5. The number of hydrogen-bond acceptors (Lipinski definition) is 3. The quantitative estimate of drug-likeness (QED) is 0.752. The van der Waals surface area contributed by atoms with Gasteiger partial charge in [-0.2, -0.15) is 0 Å². The summed E-state index contributed by atoms with van der Waals surface area (Å²) in [5.74, 6) is 0.410. The molecule has 4 N–H and O–H groups in total. The molecule has 1 atom stereocenters. The lowest BCUT2D eigenvalue weighted by atomic mass is 10.1. The van der Waals surface area contributed by atoms with Gasteiger partial charge in [0.15, 0.2) is 0 Å². The summed E-state index contributed by atoms with van der Waals surface area (Å²) in [5.41, 5.74) is 6.45. The monoisotopic (exact) mass is 278 g/mol. The number of rotatable bonds is 4. The van der Waals surface area contributed by atoms with Crippen LogP contribution in [0.25, 0.3) is 0 Å². The molecule has 6 heteroatoms. The second-order valence-corrected chi connectivity index (χ2v) is 4.52. The first-order chi connectivity index (χ1) is 9.13. The molecule has 1 aromatic heterocycles. The molecule has 0 saturated heterocycles. The number of amides is 1. The molecule has 19 heavy (non-hydrogen) atoms. The molecule has 0 fully saturated rings. The van der Waals surface area contributed by atoms with E-state index in [9.17, 15) is 4.79 Å². The van der Waals surface area contributed by atoms with Crippen LogP contribution in [0.2, 0.25) is 5.02 Å². The minimum atomic E-state index is -0.300. The molecule has 0 radical (unpaired) electrons. The van der Waals surface area contributed by atoms with Crippen LogP contribution in [0, 0.1) is 0 Å². The molecule has 1 aromatic carbocycles. The third kappa shape index (κ3) is 2.88. The van der Waals surface area contributed by atoms with Crippen LogP contribution < -0.4 is 11.1 Å². The van der Waals surface area contributed by atoms with Crippen molar-refractivity contribution in [2.75, 3.05) is 5.73 Å². The lowest BCUT2D eigenvalue weighted by molar-refractivity contribution is 0.0935. The summed E-state index contributed by atoms with van der Waals surface area (Å²) in [6.45, 7) is 1.96. The maximum atomic E-state index is 12.2. The van der Waals surface area contributed by atoms with Crippen molar-refractivity contribution in [1.82, 2.24) is 15.3 Å². The van der Waals surface area contributed by atoms with Crippen molar-refractivity contribution in [1.29, 1.82) is 0 Å². The van der Waals surface area contributed by atoms with Gasteiger partial charge in [-0.1, -0.05) is 24.6 Å². The van der Waals surface area contributed by atoms with Crippen LogP contribution in [-0.2, 0) is 0 Å². The molecule has 1 unspecified atom stereocenters. The maximum absolute atomic E-state index is 12.2. The van der Waals surface area contributed by atoms with Gasteiger partial charge >= 0.3 is 0 Å². The van der Waals surface area contributed by atoms with Gasteiger partial charge in [0, 0.05) is 18.1 Å². The summed E-state index contributed by atoms with van der Waals surface area (Å²) in [7, 11) is 0. The van der Waals surface area contributed by atoms with Crippen LogP contribution in [-0.4, -0.2) is 15.9 Å². The Kier molecular flexibility index (Phi) is 4.06. The van der Waals surface area contributed by atoms with Crippen molar-refractivity contribution in [2.45, 2.75) is 19.4 Å². The SMILES string of the molecule is CCC(NC(=O)c1c(N)cccc1Cl)c1ncc[nH]1. The van der Waals surface area contributed by atoms with Gasteiger partial charge in [-0.25, -0.2) is 4.98 Å². The number of anilines is 1. The van der Waals surface area contributed by atoms with Gasteiger partial charge in [-0.05, 0) is 18.6 Å². The van der Waals surface area contributed by atoms with Gasteiger partial charge in [-0.3, -0.25) is 4.79 Å². The summed E-state index contributed by atoms with van der Waals surface area (Å²) >= 11 is 6.01. The van der Waals surface area contributed by atoms with E-state index < -0.39 is 0 Å². The molecule has 5 nitrogen and oxygen atoms in total. The van der Waals surface area contributed by atoms with E-state index in [-0.39, 0.29) is 11.9 Å². The molecular formula is C13H15ClN4O. The molecule has 1 amide bonds. The highest BCUT2D eigenvalue weighted by atomic mass is 35.5. The predicted molar refractivity (Wildman–Crippen MR) is 75.0 cm³/mol. The number of nitrogens with one attached hydrogen (secondary N) is 2. The molecule has 2 rings (SSSR count). The van der Waals surface area contributed by atoms with Crippen LogP contribution in [0.3, 0.4) is 0 Å². The highest BCUT2D eigenvalue weighted by Gasteiger charge is 2.19. The van der Waals surface area contributed by atoms with Crippen molar-refractivity contribution in [2.24, 2.45) is 0 Å². The lowest BCUT2D eigenvalue weighted by Crippen LogP contribution is -2.29. The standard InChI is InChI=1S/C13H15ClN4O/c1-2-10(12-16-6-7-17-12)18-13(19)11-8(14)4-3-5-9(11)15/h3-7,10H,2,15H2,1H3,(H,16,17)(H,18,19). The highest BCUT2D eigenvalue weighted by molar-refractivity contribution is 6.34. The summed E-state index contributed by atoms with van der Waals surface area (Å²) in [6.07, 6.45) is 4.08. The van der Waals surface area contributed by atoms with Crippen LogP contribution in [0.15, 0.2) is 30.6 Å². The second kappa shape index (κ2) is 5.75. The molecular weight excluding hydrogens is 264 g/mol. The lowest BCUT2D eigenvalue weighted by Gasteiger charge is -2.16. The first-order valence-electron chi connectivity index (χ1n) is 5.97. The number of carbonyl (C=O) groups excluding carboxylic acids is 1. The Balaban J connectivity index is 2.21. The first kappa shape index (κ1) is 13.4. The Morgan fingerprint density at radius 3 is 2.95 bits per heavy atom. The van der Waals surface area contributed by atoms with Crippen molar-refractivity contribution in [3.8, 4) is 0 Å². The molecule has 1 heterocycles. The number of aromatic nitrogens is 2. The van der Waals surface area contributed by atoms with Crippen molar-refractivity contribution < 1.29 is 4.79 Å². The van der Waals surface area contributed by atoms with Crippen molar-refractivity contribution in [3.63, 3.8) is 0 Å². The Hall–Kier alpha value is -2.01. The van der Waals surface area contributed by atoms with Gasteiger partial charge in [0.25, 0.3) is 5.91 Å². The molecule has 0 aliphatic rings. The van der Waals surface area contributed by atoms with E-state index in [2.05, 4.69) is 15.3 Å². The van der Waals surface area contributed by atoms with E-state index in [1.807, 2.05) is 6.92 Å². The van der Waals surface area contributed by atoms with Crippen LogP contribution in [0.4, 0.5) is 5.69 Å². The number of halogens is 1. The Bertz CT molecular complexity index is 548. The highest BCUT2D eigenvalue weighted by Crippen LogP contribution is 2.23. The Labute approximate surface area is 116 Å². The zero-order valence-corrected chi connectivity index (χ0v) is 11.2. The van der Waals surface area contributed by atoms with Gasteiger partial charge < -0.3 is 16.0 Å². The number of nitrogens with two attached hydrogens (primary N) is 1. The van der Waals surface area contributed by atoms with E-state index in [0.29, 0.717) is 28.5 Å². The molecule has 0 spiro atoms. The van der Waals surface area contributed by atoms with Gasteiger partial charge in [0.05, 0.1) is 16.6 Å². The number of benzene rings is 1. The number of imidazole rings is 1.